The second-order valence-electron chi connectivity index (χ2n) is 6.12. The van der Waals surface area contributed by atoms with Crippen LogP contribution in [-0.4, -0.2) is 54.1 Å². The lowest BCUT2D eigenvalue weighted by atomic mass is 10.3. The highest BCUT2D eigenvalue weighted by Crippen LogP contribution is 2.30. The number of nitrogens with zero attached hydrogens (tertiary/aromatic N) is 4. The maximum atomic E-state index is 12.9. The molecule has 7 nitrogen and oxygen atoms in total. The van der Waals surface area contributed by atoms with Gasteiger partial charge in [0, 0.05) is 26.2 Å². The van der Waals surface area contributed by atoms with Gasteiger partial charge in [-0.05, 0) is 26.0 Å². The number of aryl methyl sites for hydroxylation is 2. The lowest BCUT2D eigenvalue weighted by Gasteiger charge is -2.33. The van der Waals surface area contributed by atoms with E-state index in [9.17, 15) is 8.42 Å². The predicted octanol–water partition coefficient (Wildman–Crippen LogP) is 2.15. The number of thiazole rings is 1. The fourth-order valence-electron chi connectivity index (χ4n) is 3.16. The van der Waals surface area contributed by atoms with Crippen molar-refractivity contribution in [1.82, 2.24) is 19.5 Å². The van der Waals surface area contributed by atoms with E-state index in [4.69, 9.17) is 0 Å². The van der Waals surface area contributed by atoms with Gasteiger partial charge in [0.2, 0.25) is 10.0 Å². The number of para-hydroxylation sites is 1. The molecule has 9 heteroatoms. The Kier molecular flexibility index (Phi) is 4.01. The zero-order valence-corrected chi connectivity index (χ0v) is 15.7. The van der Waals surface area contributed by atoms with E-state index in [2.05, 4.69) is 26.1 Å². The molecule has 2 aromatic heterocycles. The van der Waals surface area contributed by atoms with E-state index < -0.39 is 10.0 Å². The number of aromatic nitrogens is 3. The van der Waals surface area contributed by atoms with Crippen molar-refractivity contribution in [2.45, 2.75) is 18.7 Å². The lowest BCUT2D eigenvalue weighted by molar-refractivity contribution is 0.384. The molecule has 1 fully saturated rings. The minimum atomic E-state index is -3.51. The Bertz CT molecular complexity index is 964. The van der Waals surface area contributed by atoms with Gasteiger partial charge in [0.1, 0.15) is 4.90 Å². The Morgan fingerprint density at radius 2 is 1.84 bits per heavy atom. The Hall–Kier alpha value is -1.97. The molecule has 25 heavy (non-hydrogen) atoms. The number of H-pyrrole nitrogens is 1. The first-order valence-corrected chi connectivity index (χ1v) is 10.3. The molecule has 1 N–H and O–H groups in total. The maximum absolute atomic E-state index is 12.9. The van der Waals surface area contributed by atoms with Gasteiger partial charge < -0.3 is 4.90 Å². The molecule has 1 aliphatic rings. The SMILES string of the molecule is Cc1n[nH]c(C)c1S(=O)(=O)N1CCN(c2nc3ccccc3s2)CC1. The van der Waals surface area contributed by atoms with Gasteiger partial charge in [-0.1, -0.05) is 23.5 Å². The van der Waals surface area contributed by atoms with E-state index in [1.54, 1.807) is 29.5 Å². The predicted molar refractivity (Wildman–Crippen MR) is 98.7 cm³/mol. The first-order chi connectivity index (χ1) is 12.0. The summed E-state index contributed by atoms with van der Waals surface area (Å²) in [5.74, 6) is 0. The highest BCUT2D eigenvalue weighted by Gasteiger charge is 2.32. The van der Waals surface area contributed by atoms with Crippen LogP contribution in [0.4, 0.5) is 5.13 Å². The van der Waals surface area contributed by atoms with Crippen LogP contribution < -0.4 is 4.90 Å². The zero-order valence-electron chi connectivity index (χ0n) is 14.1. The normalized spacial score (nSPS) is 16.6. The molecule has 0 radical (unpaired) electrons. The van der Waals surface area contributed by atoms with Crippen molar-refractivity contribution in [3.05, 3.63) is 35.7 Å². The molecule has 1 aliphatic heterocycles. The largest absolute Gasteiger partial charge is 0.345 e. The van der Waals surface area contributed by atoms with Gasteiger partial charge in [0.05, 0.1) is 21.6 Å². The first-order valence-electron chi connectivity index (χ1n) is 8.09. The molecule has 0 aliphatic carbocycles. The third kappa shape index (κ3) is 2.82. The topological polar surface area (TPSA) is 82.2 Å². The number of anilines is 1. The van der Waals surface area contributed by atoms with E-state index in [-0.39, 0.29) is 0 Å². The lowest BCUT2D eigenvalue weighted by Crippen LogP contribution is -2.48. The molecule has 4 rings (SSSR count). The fraction of sp³-hybridized carbons (Fsp3) is 0.375. The summed E-state index contributed by atoms with van der Waals surface area (Å²) in [7, 11) is -3.51. The highest BCUT2D eigenvalue weighted by molar-refractivity contribution is 7.89. The molecule has 0 atom stereocenters. The van der Waals surface area contributed by atoms with Crippen molar-refractivity contribution >= 4 is 36.7 Å². The van der Waals surface area contributed by atoms with Crippen LogP contribution >= 0.6 is 11.3 Å². The Labute approximate surface area is 150 Å². The van der Waals surface area contributed by atoms with Crippen LogP contribution in [0.15, 0.2) is 29.2 Å². The van der Waals surface area contributed by atoms with Gasteiger partial charge in [-0.15, -0.1) is 0 Å². The van der Waals surface area contributed by atoms with Crippen LogP contribution in [0.3, 0.4) is 0 Å². The van der Waals surface area contributed by atoms with Gasteiger partial charge in [-0.3, -0.25) is 5.10 Å². The van der Waals surface area contributed by atoms with Crippen molar-refractivity contribution in [2.75, 3.05) is 31.1 Å². The molecule has 132 valence electrons. The monoisotopic (exact) mass is 377 g/mol. The van der Waals surface area contributed by atoms with E-state index >= 15 is 0 Å². The van der Waals surface area contributed by atoms with Crippen LogP contribution in [-0.2, 0) is 10.0 Å². The van der Waals surface area contributed by atoms with Crippen molar-refractivity contribution in [1.29, 1.82) is 0 Å². The van der Waals surface area contributed by atoms with E-state index in [0.717, 1.165) is 15.3 Å². The number of sulfonamides is 1. The fourth-order valence-corrected chi connectivity index (χ4v) is 5.94. The third-order valence-electron chi connectivity index (χ3n) is 4.45. The number of rotatable bonds is 3. The summed E-state index contributed by atoms with van der Waals surface area (Å²) >= 11 is 1.65. The summed E-state index contributed by atoms with van der Waals surface area (Å²) in [6.07, 6.45) is 0. The van der Waals surface area contributed by atoms with Gasteiger partial charge in [0.15, 0.2) is 5.13 Å². The van der Waals surface area contributed by atoms with Crippen LogP contribution in [0.25, 0.3) is 10.2 Å². The smallest absolute Gasteiger partial charge is 0.246 e. The van der Waals surface area contributed by atoms with E-state index in [0.29, 0.717) is 42.5 Å². The second kappa shape index (κ2) is 6.08. The molecule has 0 saturated carbocycles. The van der Waals surface area contributed by atoms with Crippen molar-refractivity contribution in [2.24, 2.45) is 0 Å². The number of hydrogen-bond acceptors (Lipinski definition) is 6. The van der Waals surface area contributed by atoms with Crippen molar-refractivity contribution in [3.8, 4) is 0 Å². The molecule has 1 saturated heterocycles. The van der Waals surface area contributed by atoms with Crippen molar-refractivity contribution < 1.29 is 8.42 Å². The minimum absolute atomic E-state index is 0.306. The summed E-state index contributed by atoms with van der Waals surface area (Å²) in [5, 5.41) is 7.72. The van der Waals surface area contributed by atoms with Gasteiger partial charge in [0.25, 0.3) is 0 Å². The summed E-state index contributed by atoms with van der Waals surface area (Å²) in [4.78, 5) is 7.13. The molecule has 1 aromatic carbocycles. The van der Waals surface area contributed by atoms with Gasteiger partial charge in [-0.25, -0.2) is 13.4 Å². The van der Waals surface area contributed by atoms with E-state index in [1.807, 2.05) is 18.2 Å². The van der Waals surface area contributed by atoms with Crippen LogP contribution in [0.2, 0.25) is 0 Å². The zero-order chi connectivity index (χ0) is 17.6. The van der Waals surface area contributed by atoms with Crippen molar-refractivity contribution in [3.63, 3.8) is 0 Å². The van der Waals surface area contributed by atoms with E-state index in [1.165, 1.54) is 0 Å². The van der Waals surface area contributed by atoms with Crippen LogP contribution in [0, 0.1) is 13.8 Å². The second-order valence-corrected chi connectivity index (χ2v) is 9.00. The van der Waals surface area contributed by atoms with Gasteiger partial charge >= 0.3 is 0 Å². The number of piperazine rings is 1. The summed E-state index contributed by atoms with van der Waals surface area (Å²) in [6.45, 7) is 5.62. The summed E-state index contributed by atoms with van der Waals surface area (Å²) in [6, 6.07) is 8.04. The molecule has 3 aromatic rings. The van der Waals surface area contributed by atoms with Gasteiger partial charge in [-0.2, -0.15) is 9.40 Å². The van der Waals surface area contributed by atoms with Crippen LogP contribution in [0.5, 0.6) is 0 Å². The standard InChI is InChI=1S/C16H19N5O2S2/c1-11-15(12(2)19-18-11)25(22,23)21-9-7-20(8-10-21)16-17-13-5-3-4-6-14(13)24-16/h3-6H,7-10H2,1-2H3,(H,18,19). The molecule has 0 unspecified atom stereocenters. The first kappa shape index (κ1) is 16.5. The Morgan fingerprint density at radius 1 is 1.12 bits per heavy atom. The van der Waals surface area contributed by atoms with Crippen LogP contribution in [0.1, 0.15) is 11.4 Å². The molecular formula is C16H19N5O2S2. The average Bonchev–Trinajstić information content (AvgIpc) is 3.18. The summed E-state index contributed by atoms with van der Waals surface area (Å²) < 4.78 is 28.5. The molecule has 3 heterocycles. The molecule has 0 bridgehead atoms. The average molecular weight is 377 g/mol. The number of aromatic amines is 1. The Balaban J connectivity index is 1.53. The minimum Gasteiger partial charge on any atom is -0.345 e. The molecule has 0 spiro atoms. The third-order valence-corrected chi connectivity index (χ3v) is 7.71. The highest BCUT2D eigenvalue weighted by atomic mass is 32.2. The Morgan fingerprint density at radius 3 is 2.48 bits per heavy atom. The maximum Gasteiger partial charge on any atom is 0.246 e. The quantitative estimate of drug-likeness (QED) is 0.756. The summed E-state index contributed by atoms with van der Waals surface area (Å²) in [5.41, 5.74) is 2.10. The number of fused-ring (bicyclic) bond motifs is 1. The number of hydrogen-bond donors (Lipinski definition) is 1. The number of nitrogens with one attached hydrogen (secondary N) is 1. The molecular weight excluding hydrogens is 358 g/mol. The molecule has 0 amide bonds. The number of benzene rings is 1.